The Labute approximate surface area is 244 Å². The number of aryl methyl sites for hydroxylation is 2. The van der Waals surface area contributed by atoms with Gasteiger partial charge < -0.3 is 19.5 Å². The molecule has 2 aliphatic rings. The highest BCUT2D eigenvalue weighted by atomic mass is 19.4. The second-order valence-electron chi connectivity index (χ2n) is 10.6. The molecular formula is C29H29F4N5O5. The van der Waals surface area contributed by atoms with Crippen molar-refractivity contribution in [2.75, 3.05) is 25.1 Å². The van der Waals surface area contributed by atoms with E-state index in [-0.39, 0.29) is 49.9 Å². The van der Waals surface area contributed by atoms with E-state index in [9.17, 15) is 27.2 Å². The van der Waals surface area contributed by atoms with E-state index in [0.717, 1.165) is 12.1 Å². The summed E-state index contributed by atoms with van der Waals surface area (Å²) in [4.78, 5) is 40.6. The van der Waals surface area contributed by atoms with Crippen molar-refractivity contribution in [3.63, 3.8) is 0 Å². The Morgan fingerprint density at radius 2 is 1.88 bits per heavy atom. The summed E-state index contributed by atoms with van der Waals surface area (Å²) >= 11 is 0. The number of carboxylic acids is 1. The number of benzene rings is 1. The molecule has 2 aromatic heterocycles. The number of carbonyl (C=O) groups is 2. The average molecular weight is 604 g/mol. The second kappa shape index (κ2) is 11.7. The van der Waals surface area contributed by atoms with Crippen molar-refractivity contribution in [3.05, 3.63) is 64.6 Å². The molecule has 14 heteroatoms. The van der Waals surface area contributed by atoms with Crippen LogP contribution in [0.25, 0.3) is 11.1 Å². The number of methoxy groups -OCH3 is 1. The number of ether oxygens (including phenoxy) is 2. The van der Waals surface area contributed by atoms with Crippen molar-refractivity contribution in [2.24, 2.45) is 0 Å². The van der Waals surface area contributed by atoms with Crippen LogP contribution in [0.15, 0.2) is 36.7 Å². The molecule has 0 saturated carbocycles. The zero-order valence-electron chi connectivity index (χ0n) is 23.6. The minimum atomic E-state index is -4.57. The van der Waals surface area contributed by atoms with Gasteiger partial charge in [-0.2, -0.15) is 13.2 Å². The SMILES string of the molecule is COc1ncc(CCC(=O)O)cc1-c1cnc(N2CC(F)C2)nc1CN1C(=O)O[C@H](c2cc(C)cc(C(F)(F)F)c2)[C@@H]1C. The van der Waals surface area contributed by atoms with Gasteiger partial charge in [0.1, 0.15) is 12.3 Å². The molecule has 0 radical (unpaired) electrons. The fourth-order valence-corrected chi connectivity index (χ4v) is 5.19. The molecule has 4 heterocycles. The van der Waals surface area contributed by atoms with Crippen LogP contribution in [0.4, 0.5) is 28.3 Å². The first-order valence-corrected chi connectivity index (χ1v) is 13.5. The molecule has 1 amide bonds. The number of halogens is 4. The van der Waals surface area contributed by atoms with Crippen molar-refractivity contribution in [1.29, 1.82) is 0 Å². The number of hydrogen-bond donors (Lipinski definition) is 1. The summed E-state index contributed by atoms with van der Waals surface area (Å²) in [5, 5.41) is 9.12. The molecule has 2 saturated heterocycles. The second-order valence-corrected chi connectivity index (χ2v) is 10.6. The van der Waals surface area contributed by atoms with Crippen molar-refractivity contribution in [2.45, 2.75) is 57.7 Å². The quantitative estimate of drug-likeness (QED) is 0.332. The highest BCUT2D eigenvalue weighted by Crippen LogP contribution is 2.39. The fourth-order valence-electron chi connectivity index (χ4n) is 5.19. The van der Waals surface area contributed by atoms with Gasteiger partial charge in [-0.05, 0) is 49.6 Å². The molecule has 1 aromatic carbocycles. The molecule has 0 spiro atoms. The topological polar surface area (TPSA) is 118 Å². The van der Waals surface area contributed by atoms with Crippen LogP contribution in [0.2, 0.25) is 0 Å². The molecule has 2 atom stereocenters. The minimum Gasteiger partial charge on any atom is -0.481 e. The van der Waals surface area contributed by atoms with Gasteiger partial charge in [0.05, 0.1) is 44.0 Å². The van der Waals surface area contributed by atoms with E-state index < -0.39 is 42.1 Å². The smallest absolute Gasteiger partial charge is 0.416 e. The summed E-state index contributed by atoms with van der Waals surface area (Å²) < 4.78 is 65.2. The molecule has 0 unspecified atom stereocenters. The first kappa shape index (κ1) is 30.0. The van der Waals surface area contributed by atoms with E-state index in [4.69, 9.17) is 14.6 Å². The minimum absolute atomic E-state index is 0.105. The largest absolute Gasteiger partial charge is 0.481 e. The fraction of sp³-hybridized carbons (Fsp3) is 0.414. The average Bonchev–Trinajstić information content (AvgIpc) is 3.22. The van der Waals surface area contributed by atoms with E-state index in [1.54, 1.807) is 24.0 Å². The summed E-state index contributed by atoms with van der Waals surface area (Å²) in [5.41, 5.74) is 1.58. The van der Waals surface area contributed by atoms with Crippen LogP contribution in [0.1, 0.15) is 47.4 Å². The Balaban J connectivity index is 1.51. The van der Waals surface area contributed by atoms with Crippen LogP contribution in [-0.2, 0) is 28.7 Å². The first-order valence-electron chi connectivity index (χ1n) is 13.5. The molecule has 5 rings (SSSR count). The van der Waals surface area contributed by atoms with Crippen LogP contribution >= 0.6 is 0 Å². The molecule has 2 aliphatic heterocycles. The Kier molecular flexibility index (Phi) is 8.12. The number of aromatic nitrogens is 3. The zero-order chi connectivity index (χ0) is 31.1. The van der Waals surface area contributed by atoms with Crippen molar-refractivity contribution in [3.8, 4) is 17.0 Å². The lowest BCUT2D eigenvalue weighted by Gasteiger charge is -2.34. The molecule has 3 aromatic rings. The number of anilines is 1. The van der Waals surface area contributed by atoms with E-state index in [2.05, 4.69) is 15.0 Å². The Hall–Kier alpha value is -4.49. The third kappa shape index (κ3) is 6.32. The van der Waals surface area contributed by atoms with E-state index in [0.29, 0.717) is 27.9 Å². The van der Waals surface area contributed by atoms with Gasteiger partial charge in [-0.25, -0.2) is 24.1 Å². The summed E-state index contributed by atoms with van der Waals surface area (Å²) in [6.45, 7) is 3.30. The monoisotopic (exact) mass is 603 g/mol. The van der Waals surface area contributed by atoms with E-state index in [1.165, 1.54) is 31.3 Å². The van der Waals surface area contributed by atoms with Gasteiger partial charge in [0.15, 0.2) is 0 Å². The van der Waals surface area contributed by atoms with Crippen LogP contribution < -0.4 is 9.64 Å². The maximum absolute atomic E-state index is 13.6. The standard InChI is InChI=1S/C29H29F4N5O5/c1-15-6-18(9-19(7-15)29(31,32)33)25-16(2)38(28(41)43-25)14-23-22(11-35-27(36-23)37-12-20(30)13-37)21-8-17(4-5-24(39)40)10-34-26(21)42-3/h6-11,16,20,25H,4-5,12-14H2,1-3H3,(H,39,40)/t16-,25-/m0/s1. The van der Waals surface area contributed by atoms with Crippen LogP contribution in [0.5, 0.6) is 5.88 Å². The highest BCUT2D eigenvalue weighted by Gasteiger charge is 2.42. The predicted octanol–water partition coefficient (Wildman–Crippen LogP) is 5.13. The lowest BCUT2D eigenvalue weighted by molar-refractivity contribution is -0.138. The number of rotatable bonds is 9. The molecule has 228 valence electrons. The van der Waals surface area contributed by atoms with Gasteiger partial charge in [-0.1, -0.05) is 11.6 Å². The molecule has 0 aliphatic carbocycles. The number of hydrogen-bond acceptors (Lipinski definition) is 8. The third-order valence-electron chi connectivity index (χ3n) is 7.46. The van der Waals surface area contributed by atoms with Crippen molar-refractivity contribution < 1.29 is 41.7 Å². The maximum atomic E-state index is 13.6. The Bertz CT molecular complexity index is 1550. The van der Waals surface area contributed by atoms with Crippen LogP contribution in [0.3, 0.4) is 0 Å². The molecule has 10 nitrogen and oxygen atoms in total. The van der Waals surface area contributed by atoms with Crippen molar-refractivity contribution in [1.82, 2.24) is 19.9 Å². The lowest BCUT2D eigenvalue weighted by Crippen LogP contribution is -2.49. The number of pyridine rings is 1. The van der Waals surface area contributed by atoms with Gasteiger partial charge in [0, 0.05) is 29.9 Å². The third-order valence-corrected chi connectivity index (χ3v) is 7.46. The van der Waals surface area contributed by atoms with Gasteiger partial charge in [-0.15, -0.1) is 0 Å². The Morgan fingerprint density at radius 1 is 1.14 bits per heavy atom. The van der Waals surface area contributed by atoms with Crippen LogP contribution in [0, 0.1) is 6.92 Å². The molecular weight excluding hydrogens is 574 g/mol. The Morgan fingerprint density at radius 3 is 2.53 bits per heavy atom. The number of amides is 1. The highest BCUT2D eigenvalue weighted by molar-refractivity contribution is 5.74. The summed E-state index contributed by atoms with van der Waals surface area (Å²) in [6, 6.07) is 4.59. The molecule has 1 N–H and O–H groups in total. The first-order chi connectivity index (χ1) is 20.3. The van der Waals surface area contributed by atoms with E-state index >= 15 is 0 Å². The maximum Gasteiger partial charge on any atom is 0.416 e. The lowest BCUT2D eigenvalue weighted by atomic mass is 9.98. The molecule has 0 bridgehead atoms. The summed E-state index contributed by atoms with van der Waals surface area (Å²) in [6.07, 6.45) is -4.22. The number of carboxylic acid groups (broad SMARTS) is 1. The van der Waals surface area contributed by atoms with Gasteiger partial charge in [-0.3, -0.25) is 9.69 Å². The number of cyclic esters (lactones) is 1. The summed E-state index contributed by atoms with van der Waals surface area (Å²) in [7, 11) is 1.42. The van der Waals surface area contributed by atoms with E-state index in [1.807, 2.05) is 0 Å². The molecule has 2 fully saturated rings. The van der Waals surface area contributed by atoms with Crippen molar-refractivity contribution >= 4 is 18.0 Å². The normalized spacial score (nSPS) is 18.9. The van der Waals surface area contributed by atoms with Gasteiger partial charge >= 0.3 is 18.2 Å². The molecule has 43 heavy (non-hydrogen) atoms. The zero-order valence-corrected chi connectivity index (χ0v) is 23.6. The number of alkyl halides is 4. The number of aliphatic carboxylic acids is 1. The summed E-state index contributed by atoms with van der Waals surface area (Å²) in [5.74, 6) is -0.524. The number of nitrogens with zero attached hydrogens (tertiary/aromatic N) is 5. The predicted molar refractivity (Wildman–Crippen MR) is 145 cm³/mol. The van der Waals surface area contributed by atoms with Gasteiger partial charge in [0.25, 0.3) is 0 Å². The number of carbonyl (C=O) groups excluding carboxylic acids is 1. The van der Waals surface area contributed by atoms with Gasteiger partial charge in [0.2, 0.25) is 11.8 Å². The van der Waals surface area contributed by atoms with Crippen LogP contribution in [-0.4, -0.2) is 69.4 Å².